The zero-order valence-corrected chi connectivity index (χ0v) is 15.4. The number of halogens is 1. The Morgan fingerprint density at radius 2 is 2.00 bits per heavy atom. The second-order valence-corrected chi connectivity index (χ2v) is 7.67. The van der Waals surface area contributed by atoms with Crippen LogP contribution in [0.1, 0.15) is 18.9 Å². The molecular weight excluding hydrogens is 365 g/mol. The lowest BCUT2D eigenvalue weighted by Crippen LogP contribution is -2.53. The summed E-state index contributed by atoms with van der Waals surface area (Å²) in [7, 11) is -3.94. The summed E-state index contributed by atoms with van der Waals surface area (Å²) in [5, 5.41) is 4.72. The Bertz CT molecular complexity index is 784. The van der Waals surface area contributed by atoms with E-state index in [0.29, 0.717) is 19.6 Å². The largest absolute Gasteiger partial charge is 0.360 e. The maximum Gasteiger partial charge on any atom is 0.309 e. The number of amides is 2. The van der Waals surface area contributed by atoms with E-state index in [9.17, 15) is 22.4 Å². The number of carbonyl (C=O) groups is 2. The van der Waals surface area contributed by atoms with Crippen LogP contribution in [0.15, 0.2) is 23.1 Å². The van der Waals surface area contributed by atoms with E-state index < -0.39 is 33.9 Å². The first-order valence-corrected chi connectivity index (χ1v) is 9.67. The van der Waals surface area contributed by atoms with Crippen LogP contribution in [-0.4, -0.2) is 57.0 Å². The van der Waals surface area contributed by atoms with E-state index in [1.807, 2.05) is 0 Å². The van der Waals surface area contributed by atoms with Crippen LogP contribution in [0.2, 0.25) is 0 Å². The summed E-state index contributed by atoms with van der Waals surface area (Å²) in [6.07, 6.45) is -0.460. The van der Waals surface area contributed by atoms with Crippen molar-refractivity contribution in [3.8, 4) is 0 Å². The van der Waals surface area contributed by atoms with Crippen molar-refractivity contribution in [1.82, 2.24) is 14.9 Å². The Morgan fingerprint density at radius 1 is 1.31 bits per heavy atom. The molecule has 144 valence electrons. The van der Waals surface area contributed by atoms with Gasteiger partial charge < -0.3 is 15.4 Å². The molecule has 1 fully saturated rings. The second kappa shape index (κ2) is 8.56. The van der Waals surface area contributed by atoms with Gasteiger partial charge in [-0.05, 0) is 44.0 Å². The Morgan fingerprint density at radius 3 is 2.65 bits per heavy atom. The monoisotopic (exact) mass is 387 g/mol. The minimum Gasteiger partial charge on any atom is -0.360 e. The summed E-state index contributed by atoms with van der Waals surface area (Å²) >= 11 is 0. The molecule has 10 heteroatoms. The van der Waals surface area contributed by atoms with Gasteiger partial charge in [-0.3, -0.25) is 9.59 Å². The maximum absolute atomic E-state index is 13.4. The number of hydrogen-bond donors (Lipinski definition) is 2. The van der Waals surface area contributed by atoms with Crippen molar-refractivity contribution >= 4 is 21.8 Å². The molecule has 1 atom stereocenters. The smallest absolute Gasteiger partial charge is 0.309 e. The molecule has 8 nitrogen and oxygen atoms in total. The number of nitrogens with one attached hydrogen (secondary N) is 2. The van der Waals surface area contributed by atoms with Crippen LogP contribution >= 0.6 is 0 Å². The van der Waals surface area contributed by atoms with Gasteiger partial charge in [-0.1, -0.05) is 0 Å². The molecule has 0 saturated carbocycles. The van der Waals surface area contributed by atoms with Crippen LogP contribution in [-0.2, 0) is 24.3 Å². The first-order chi connectivity index (χ1) is 12.3. The lowest BCUT2D eigenvalue weighted by molar-refractivity contribution is -0.140. The number of nitrogens with zero attached hydrogens (tertiary/aromatic N) is 1. The molecule has 2 amide bonds. The average Bonchev–Trinajstić information content (AvgIpc) is 2.62. The van der Waals surface area contributed by atoms with Gasteiger partial charge in [0.05, 0.1) is 18.0 Å². The highest BCUT2D eigenvalue weighted by molar-refractivity contribution is 7.89. The van der Waals surface area contributed by atoms with Gasteiger partial charge in [0.25, 0.3) is 0 Å². The number of sulfonamides is 1. The van der Waals surface area contributed by atoms with Crippen molar-refractivity contribution in [2.24, 2.45) is 0 Å². The lowest BCUT2D eigenvalue weighted by Gasteiger charge is -2.34. The number of benzene rings is 1. The van der Waals surface area contributed by atoms with Crippen LogP contribution in [0.5, 0.6) is 0 Å². The summed E-state index contributed by atoms with van der Waals surface area (Å²) < 4.78 is 45.8. The Hall–Kier alpha value is -2.04. The predicted octanol–water partition coefficient (Wildman–Crippen LogP) is 0.124. The van der Waals surface area contributed by atoms with Crippen molar-refractivity contribution in [2.45, 2.75) is 31.4 Å². The fraction of sp³-hybridized carbons (Fsp3) is 0.500. The molecular formula is C16H22FN3O5S. The van der Waals surface area contributed by atoms with Gasteiger partial charge in [-0.25, -0.2) is 12.8 Å². The van der Waals surface area contributed by atoms with Gasteiger partial charge in [0.15, 0.2) is 0 Å². The number of rotatable bonds is 5. The Balaban J connectivity index is 2.15. The van der Waals surface area contributed by atoms with Crippen LogP contribution in [0, 0.1) is 12.7 Å². The molecule has 1 aliphatic heterocycles. The van der Waals surface area contributed by atoms with E-state index in [4.69, 9.17) is 4.74 Å². The van der Waals surface area contributed by atoms with Crippen molar-refractivity contribution < 1.29 is 27.1 Å². The van der Waals surface area contributed by atoms with Gasteiger partial charge >= 0.3 is 11.8 Å². The SMILES string of the molecule is CCNC(=O)C(=O)NC[C@@H]1OCCCN1S(=O)(=O)c1ccc(F)c(C)c1. The lowest BCUT2D eigenvalue weighted by atomic mass is 10.2. The quantitative estimate of drug-likeness (QED) is 0.699. The van der Waals surface area contributed by atoms with E-state index >= 15 is 0 Å². The predicted molar refractivity (Wildman–Crippen MR) is 91.1 cm³/mol. The molecule has 0 radical (unpaired) electrons. The highest BCUT2D eigenvalue weighted by atomic mass is 32.2. The molecule has 0 bridgehead atoms. The van der Waals surface area contributed by atoms with Crippen molar-refractivity contribution in [3.63, 3.8) is 0 Å². The second-order valence-electron chi connectivity index (χ2n) is 5.78. The van der Waals surface area contributed by atoms with E-state index in [-0.39, 0.29) is 23.5 Å². The van der Waals surface area contributed by atoms with Crippen molar-refractivity contribution in [3.05, 3.63) is 29.6 Å². The van der Waals surface area contributed by atoms with Crippen molar-refractivity contribution in [2.75, 3.05) is 26.2 Å². The van der Waals surface area contributed by atoms with Gasteiger partial charge in [-0.15, -0.1) is 0 Å². The first-order valence-electron chi connectivity index (χ1n) is 8.23. The summed E-state index contributed by atoms with van der Waals surface area (Å²) in [4.78, 5) is 23.1. The van der Waals surface area contributed by atoms with E-state index in [1.165, 1.54) is 19.1 Å². The first kappa shape index (κ1) is 20.3. The normalized spacial score (nSPS) is 18.3. The summed E-state index contributed by atoms with van der Waals surface area (Å²) in [6, 6.07) is 3.54. The third-order valence-electron chi connectivity index (χ3n) is 3.87. The van der Waals surface area contributed by atoms with E-state index in [2.05, 4.69) is 10.6 Å². The van der Waals surface area contributed by atoms with Crippen LogP contribution in [0.25, 0.3) is 0 Å². The number of hydrogen-bond acceptors (Lipinski definition) is 5. The minimum atomic E-state index is -3.94. The molecule has 1 aromatic rings. The maximum atomic E-state index is 13.4. The number of likely N-dealkylation sites (N-methyl/N-ethyl adjacent to an activating group) is 1. The van der Waals surface area contributed by atoms with Gasteiger partial charge in [0.2, 0.25) is 10.0 Å². The molecule has 0 aliphatic carbocycles. The molecule has 1 saturated heterocycles. The summed E-state index contributed by atoms with van der Waals surface area (Å²) in [5.41, 5.74) is 0.213. The Labute approximate surface area is 151 Å². The molecule has 2 rings (SSSR count). The van der Waals surface area contributed by atoms with Crippen LogP contribution < -0.4 is 10.6 Å². The zero-order chi connectivity index (χ0) is 19.3. The van der Waals surface area contributed by atoms with Gasteiger partial charge in [0.1, 0.15) is 12.0 Å². The van der Waals surface area contributed by atoms with Gasteiger partial charge in [0, 0.05) is 13.1 Å². The fourth-order valence-electron chi connectivity index (χ4n) is 2.52. The number of aryl methyl sites for hydroxylation is 1. The summed E-state index contributed by atoms with van der Waals surface area (Å²) in [5.74, 6) is -2.16. The van der Waals surface area contributed by atoms with Gasteiger partial charge in [-0.2, -0.15) is 4.31 Å². The fourth-order valence-corrected chi connectivity index (χ4v) is 4.17. The molecule has 0 spiro atoms. The molecule has 2 N–H and O–H groups in total. The number of carbonyl (C=O) groups excluding carboxylic acids is 2. The highest BCUT2D eigenvalue weighted by Gasteiger charge is 2.35. The molecule has 0 unspecified atom stereocenters. The zero-order valence-electron chi connectivity index (χ0n) is 14.6. The molecule has 1 aliphatic rings. The standard InChI is InChI=1S/C16H22FN3O5S/c1-3-18-15(21)16(22)19-10-14-20(7-4-8-25-14)26(23,24)12-5-6-13(17)11(2)9-12/h5-6,9,14H,3-4,7-8,10H2,1-2H3,(H,18,21)(H,19,22)/t14-/m0/s1. The molecule has 1 aromatic carbocycles. The third kappa shape index (κ3) is 4.57. The highest BCUT2D eigenvalue weighted by Crippen LogP contribution is 2.23. The summed E-state index contributed by atoms with van der Waals surface area (Å²) in [6.45, 7) is 3.81. The molecule has 1 heterocycles. The molecule has 26 heavy (non-hydrogen) atoms. The van der Waals surface area contributed by atoms with E-state index in [1.54, 1.807) is 6.92 Å². The molecule has 0 aromatic heterocycles. The van der Waals surface area contributed by atoms with Crippen molar-refractivity contribution in [1.29, 1.82) is 0 Å². The van der Waals surface area contributed by atoms with Crippen LogP contribution in [0.4, 0.5) is 4.39 Å². The number of ether oxygens (including phenoxy) is 1. The minimum absolute atomic E-state index is 0.0537. The topological polar surface area (TPSA) is 105 Å². The Kier molecular flexibility index (Phi) is 6.68. The average molecular weight is 387 g/mol. The van der Waals surface area contributed by atoms with Crippen LogP contribution in [0.3, 0.4) is 0 Å². The van der Waals surface area contributed by atoms with E-state index in [0.717, 1.165) is 10.4 Å². The third-order valence-corrected chi connectivity index (χ3v) is 5.76.